The lowest BCUT2D eigenvalue weighted by atomic mass is 10.1. The number of terminal acetylenes is 1. The van der Waals surface area contributed by atoms with E-state index in [4.69, 9.17) is 6.42 Å². The molecule has 4 heteroatoms. The Hall–Kier alpha value is -3.06. The lowest BCUT2D eigenvalue weighted by Crippen LogP contribution is -2.00. The summed E-state index contributed by atoms with van der Waals surface area (Å²) in [7, 11) is 0. The largest absolute Gasteiger partial charge is 0.381 e. The Kier molecular flexibility index (Phi) is 3.66. The van der Waals surface area contributed by atoms with Crippen LogP contribution in [-0.2, 0) is 6.54 Å². The van der Waals surface area contributed by atoms with E-state index in [1.54, 1.807) is 6.20 Å². The molecule has 2 aromatic heterocycles. The second-order valence-corrected chi connectivity index (χ2v) is 4.59. The first-order chi connectivity index (χ1) is 10.4. The summed E-state index contributed by atoms with van der Waals surface area (Å²) in [5.74, 6) is 2.63. The molecule has 2 N–H and O–H groups in total. The van der Waals surface area contributed by atoms with Gasteiger partial charge in [-0.1, -0.05) is 12.0 Å². The summed E-state index contributed by atoms with van der Waals surface area (Å²) in [5.41, 5.74) is 4.92. The molecule has 0 saturated heterocycles. The van der Waals surface area contributed by atoms with Crippen molar-refractivity contribution in [3.8, 4) is 23.6 Å². The van der Waals surface area contributed by atoms with E-state index in [-0.39, 0.29) is 0 Å². The van der Waals surface area contributed by atoms with Crippen molar-refractivity contribution in [2.24, 2.45) is 0 Å². The molecule has 2 heterocycles. The predicted octanol–water partition coefficient (Wildman–Crippen LogP) is 3.07. The van der Waals surface area contributed by atoms with E-state index in [0.717, 1.165) is 28.1 Å². The minimum absolute atomic E-state index is 0.661. The van der Waals surface area contributed by atoms with Crippen LogP contribution in [0.4, 0.5) is 5.69 Å². The van der Waals surface area contributed by atoms with Crippen LogP contribution >= 0.6 is 0 Å². The number of rotatable bonds is 4. The molecule has 4 nitrogen and oxygen atoms in total. The Morgan fingerprint density at radius 2 is 2.14 bits per heavy atom. The summed E-state index contributed by atoms with van der Waals surface area (Å²) >= 11 is 0. The number of nitrogens with one attached hydrogen (secondary N) is 2. The number of aromatic amines is 1. The van der Waals surface area contributed by atoms with Crippen LogP contribution in [0.3, 0.4) is 0 Å². The van der Waals surface area contributed by atoms with Gasteiger partial charge in [0.2, 0.25) is 0 Å². The fraction of sp³-hybridized carbons (Fsp3) is 0.0588. The van der Waals surface area contributed by atoms with Crippen molar-refractivity contribution in [2.45, 2.75) is 6.54 Å². The third kappa shape index (κ3) is 2.93. The third-order valence-corrected chi connectivity index (χ3v) is 3.18. The van der Waals surface area contributed by atoms with Crippen LogP contribution in [0.2, 0.25) is 0 Å². The average Bonchev–Trinajstić information content (AvgIpc) is 3.02. The van der Waals surface area contributed by atoms with E-state index >= 15 is 0 Å². The van der Waals surface area contributed by atoms with Gasteiger partial charge in [-0.25, -0.2) is 0 Å². The first-order valence-corrected chi connectivity index (χ1v) is 6.60. The Morgan fingerprint density at radius 3 is 2.95 bits per heavy atom. The van der Waals surface area contributed by atoms with Crippen molar-refractivity contribution in [3.63, 3.8) is 0 Å². The van der Waals surface area contributed by atoms with Gasteiger partial charge >= 0.3 is 0 Å². The number of anilines is 1. The van der Waals surface area contributed by atoms with Crippen molar-refractivity contribution >= 4 is 5.69 Å². The molecular weight excluding hydrogens is 260 g/mol. The minimum Gasteiger partial charge on any atom is -0.381 e. The lowest BCUT2D eigenvalue weighted by Gasteiger charge is -2.07. The molecule has 3 aromatic rings. The summed E-state index contributed by atoms with van der Waals surface area (Å²) in [6.45, 7) is 0.661. The molecule has 0 amide bonds. The van der Waals surface area contributed by atoms with E-state index in [1.165, 1.54) is 0 Å². The molecule has 1 aromatic carbocycles. The maximum Gasteiger partial charge on any atom is 0.0715 e. The number of benzene rings is 1. The molecule has 0 saturated carbocycles. The van der Waals surface area contributed by atoms with Crippen LogP contribution in [0, 0.1) is 12.3 Å². The predicted molar refractivity (Wildman–Crippen MR) is 83.5 cm³/mol. The van der Waals surface area contributed by atoms with Gasteiger partial charge < -0.3 is 5.32 Å². The molecule has 0 bridgehead atoms. The Balaban J connectivity index is 1.78. The van der Waals surface area contributed by atoms with Crippen LogP contribution < -0.4 is 5.32 Å². The standard InChI is InChI=1S/C17H14N4/c1-2-13-5-3-7-16(9-13)19-11-15-12-20-21-17(15)14-6-4-8-18-10-14/h1,3-10,12,19H,11H2,(H,20,21). The van der Waals surface area contributed by atoms with Gasteiger partial charge in [-0.2, -0.15) is 5.10 Å². The SMILES string of the molecule is C#Cc1cccc(NCc2cn[nH]c2-c2cccnc2)c1. The zero-order valence-corrected chi connectivity index (χ0v) is 11.4. The van der Waals surface area contributed by atoms with E-state index < -0.39 is 0 Å². The van der Waals surface area contributed by atoms with E-state index in [0.29, 0.717) is 6.54 Å². The lowest BCUT2D eigenvalue weighted by molar-refractivity contribution is 1.09. The second-order valence-electron chi connectivity index (χ2n) is 4.59. The maximum atomic E-state index is 5.41. The van der Waals surface area contributed by atoms with Gasteiger partial charge in [-0.05, 0) is 30.3 Å². The highest BCUT2D eigenvalue weighted by molar-refractivity contribution is 5.62. The van der Waals surface area contributed by atoms with Crippen molar-refractivity contribution in [3.05, 3.63) is 66.1 Å². The van der Waals surface area contributed by atoms with Crippen molar-refractivity contribution in [1.82, 2.24) is 15.2 Å². The Bertz CT molecular complexity index is 769. The van der Waals surface area contributed by atoms with Crippen LogP contribution in [0.25, 0.3) is 11.3 Å². The molecule has 102 valence electrons. The molecule has 0 aliphatic rings. The first-order valence-electron chi connectivity index (χ1n) is 6.60. The number of hydrogen-bond donors (Lipinski definition) is 2. The van der Waals surface area contributed by atoms with Gasteiger partial charge in [-0.3, -0.25) is 10.1 Å². The van der Waals surface area contributed by atoms with Gasteiger partial charge in [0, 0.05) is 41.3 Å². The fourth-order valence-electron chi connectivity index (χ4n) is 2.12. The highest BCUT2D eigenvalue weighted by atomic mass is 15.1. The molecule has 3 rings (SSSR count). The fourth-order valence-corrected chi connectivity index (χ4v) is 2.12. The quantitative estimate of drug-likeness (QED) is 0.719. The monoisotopic (exact) mass is 274 g/mol. The Morgan fingerprint density at radius 1 is 1.19 bits per heavy atom. The third-order valence-electron chi connectivity index (χ3n) is 3.18. The topological polar surface area (TPSA) is 53.6 Å². The minimum atomic E-state index is 0.661. The zero-order chi connectivity index (χ0) is 14.5. The smallest absolute Gasteiger partial charge is 0.0715 e. The summed E-state index contributed by atoms with van der Waals surface area (Å²) in [6.07, 6.45) is 10.8. The van der Waals surface area contributed by atoms with E-state index in [9.17, 15) is 0 Å². The summed E-state index contributed by atoms with van der Waals surface area (Å²) < 4.78 is 0. The molecule has 0 aliphatic heterocycles. The molecule has 0 spiro atoms. The molecular formula is C17H14N4. The summed E-state index contributed by atoms with van der Waals surface area (Å²) in [5, 5.41) is 10.5. The van der Waals surface area contributed by atoms with Crippen LogP contribution in [-0.4, -0.2) is 15.2 Å². The van der Waals surface area contributed by atoms with Gasteiger partial charge in [0.1, 0.15) is 0 Å². The maximum absolute atomic E-state index is 5.41. The van der Waals surface area contributed by atoms with Crippen molar-refractivity contribution in [2.75, 3.05) is 5.32 Å². The Labute approximate surface area is 123 Å². The summed E-state index contributed by atoms with van der Waals surface area (Å²) in [4.78, 5) is 4.13. The molecule has 21 heavy (non-hydrogen) atoms. The highest BCUT2D eigenvalue weighted by Gasteiger charge is 2.07. The van der Waals surface area contributed by atoms with Crippen molar-refractivity contribution < 1.29 is 0 Å². The first kappa shape index (κ1) is 12.9. The van der Waals surface area contributed by atoms with Crippen LogP contribution in [0.5, 0.6) is 0 Å². The van der Waals surface area contributed by atoms with Gasteiger partial charge in [0.15, 0.2) is 0 Å². The number of hydrogen-bond acceptors (Lipinski definition) is 3. The van der Waals surface area contributed by atoms with Gasteiger partial charge in [0.25, 0.3) is 0 Å². The van der Waals surface area contributed by atoms with Crippen LogP contribution in [0.15, 0.2) is 55.0 Å². The molecule has 0 unspecified atom stereocenters. The molecule has 0 aliphatic carbocycles. The normalized spacial score (nSPS) is 10.0. The zero-order valence-electron chi connectivity index (χ0n) is 11.4. The second kappa shape index (κ2) is 5.93. The number of nitrogens with zero attached hydrogens (tertiary/aromatic N) is 2. The summed E-state index contributed by atoms with van der Waals surface area (Å²) in [6, 6.07) is 11.7. The van der Waals surface area contributed by atoms with Crippen molar-refractivity contribution in [1.29, 1.82) is 0 Å². The highest BCUT2D eigenvalue weighted by Crippen LogP contribution is 2.21. The number of H-pyrrole nitrogens is 1. The molecule has 0 atom stereocenters. The van der Waals surface area contributed by atoms with Gasteiger partial charge in [-0.15, -0.1) is 6.42 Å². The van der Waals surface area contributed by atoms with E-state index in [2.05, 4.69) is 26.4 Å². The molecule has 0 radical (unpaired) electrons. The van der Waals surface area contributed by atoms with E-state index in [1.807, 2.05) is 48.8 Å². The van der Waals surface area contributed by atoms with Gasteiger partial charge in [0.05, 0.1) is 11.9 Å². The number of aromatic nitrogens is 3. The average molecular weight is 274 g/mol. The molecule has 0 fully saturated rings. The van der Waals surface area contributed by atoms with Crippen LogP contribution in [0.1, 0.15) is 11.1 Å². The number of pyridine rings is 1.